The number of aliphatic hydroxyl groups is 1. The number of hydrogen-bond acceptors (Lipinski definition) is 5. The van der Waals surface area contributed by atoms with Gasteiger partial charge in [-0.2, -0.15) is 10.2 Å². The number of amides is 1. The summed E-state index contributed by atoms with van der Waals surface area (Å²) in [5, 5.41) is 28.2. The van der Waals surface area contributed by atoms with Crippen LogP contribution in [0.1, 0.15) is 36.0 Å². The zero-order valence-electron chi connectivity index (χ0n) is 19.5. The third kappa shape index (κ3) is 4.19. The van der Waals surface area contributed by atoms with Gasteiger partial charge in [-0.25, -0.2) is 4.98 Å². The molecule has 3 N–H and O–H groups in total. The van der Waals surface area contributed by atoms with Crippen molar-refractivity contribution in [2.75, 3.05) is 0 Å². The lowest BCUT2D eigenvalue weighted by Crippen LogP contribution is -2.47. The van der Waals surface area contributed by atoms with E-state index < -0.39 is 5.60 Å². The number of carbonyl (C=O) groups is 1. The van der Waals surface area contributed by atoms with Gasteiger partial charge in [0.1, 0.15) is 0 Å². The molecule has 5 aromatic rings. The van der Waals surface area contributed by atoms with E-state index in [4.69, 9.17) is 0 Å². The van der Waals surface area contributed by atoms with Crippen molar-refractivity contribution in [2.24, 2.45) is 7.05 Å². The number of aromatic amines is 1. The van der Waals surface area contributed by atoms with E-state index in [1.54, 1.807) is 17.2 Å². The van der Waals surface area contributed by atoms with Crippen LogP contribution in [0.2, 0.25) is 0 Å². The number of aromatic nitrogens is 6. The first kappa shape index (κ1) is 21.5. The highest BCUT2D eigenvalue weighted by Crippen LogP contribution is 2.31. The zero-order valence-corrected chi connectivity index (χ0v) is 19.5. The maximum Gasteiger partial charge on any atom is 0.251 e. The van der Waals surface area contributed by atoms with Crippen molar-refractivity contribution in [3.63, 3.8) is 0 Å². The maximum absolute atomic E-state index is 13.2. The predicted molar refractivity (Wildman–Crippen MR) is 133 cm³/mol. The molecule has 3 heterocycles. The van der Waals surface area contributed by atoms with Gasteiger partial charge in [-0.05, 0) is 56.0 Å². The van der Waals surface area contributed by atoms with Gasteiger partial charge >= 0.3 is 0 Å². The van der Waals surface area contributed by atoms with Gasteiger partial charge in [0.25, 0.3) is 5.91 Å². The number of imidazole rings is 1. The van der Waals surface area contributed by atoms with Gasteiger partial charge in [0.2, 0.25) is 0 Å². The molecule has 1 saturated carbocycles. The highest BCUT2D eigenvalue weighted by molar-refractivity contribution is 6.02. The van der Waals surface area contributed by atoms with Crippen molar-refractivity contribution in [3.8, 4) is 11.3 Å². The number of H-pyrrole nitrogens is 1. The Morgan fingerprint density at radius 1 is 1.29 bits per heavy atom. The van der Waals surface area contributed by atoms with Crippen LogP contribution < -0.4 is 5.32 Å². The molecule has 2 atom stereocenters. The lowest BCUT2D eigenvalue weighted by Gasteiger charge is -2.37. The molecule has 1 fully saturated rings. The van der Waals surface area contributed by atoms with E-state index in [2.05, 4.69) is 31.7 Å². The smallest absolute Gasteiger partial charge is 0.251 e. The van der Waals surface area contributed by atoms with Crippen molar-refractivity contribution in [1.82, 2.24) is 34.8 Å². The van der Waals surface area contributed by atoms with Crippen LogP contribution in [0.25, 0.3) is 33.1 Å². The van der Waals surface area contributed by atoms with Crippen LogP contribution in [0, 0.1) is 0 Å². The number of nitrogens with one attached hydrogen (secondary N) is 2. The van der Waals surface area contributed by atoms with Crippen LogP contribution in [0.15, 0.2) is 61.3 Å². The fraction of sp³-hybridized carbons (Fsp3) is 0.308. The zero-order chi connectivity index (χ0) is 24.0. The summed E-state index contributed by atoms with van der Waals surface area (Å²) in [5.74, 6) is -0.140. The van der Waals surface area contributed by atoms with Gasteiger partial charge in [0, 0.05) is 53.6 Å². The first-order valence-corrected chi connectivity index (χ1v) is 11.9. The van der Waals surface area contributed by atoms with E-state index in [1.165, 1.54) is 0 Å². The van der Waals surface area contributed by atoms with E-state index in [0.717, 1.165) is 45.9 Å². The molecule has 6 rings (SSSR count). The van der Waals surface area contributed by atoms with Crippen LogP contribution in [0.3, 0.4) is 0 Å². The predicted octanol–water partition coefficient (Wildman–Crippen LogP) is 3.42. The number of aryl methyl sites for hydroxylation is 1. The molecule has 0 radical (unpaired) electrons. The van der Waals surface area contributed by atoms with Gasteiger partial charge in [0.05, 0.1) is 35.2 Å². The molecule has 0 spiro atoms. The van der Waals surface area contributed by atoms with Gasteiger partial charge in [-0.1, -0.05) is 6.07 Å². The summed E-state index contributed by atoms with van der Waals surface area (Å²) in [4.78, 5) is 17.2. The van der Waals surface area contributed by atoms with E-state index in [-0.39, 0.29) is 11.9 Å². The summed E-state index contributed by atoms with van der Waals surface area (Å²) < 4.78 is 3.68. The molecule has 9 nitrogen and oxygen atoms in total. The normalized spacial score (nSPS) is 20.5. The molecule has 35 heavy (non-hydrogen) atoms. The summed E-state index contributed by atoms with van der Waals surface area (Å²) in [6.07, 6.45) is 10.2. The van der Waals surface area contributed by atoms with Crippen molar-refractivity contribution in [3.05, 3.63) is 66.9 Å². The van der Waals surface area contributed by atoms with Gasteiger partial charge < -0.3 is 15.0 Å². The molecule has 0 aliphatic heterocycles. The second kappa shape index (κ2) is 8.35. The fourth-order valence-corrected chi connectivity index (χ4v) is 5.27. The molecule has 0 unspecified atom stereocenters. The first-order chi connectivity index (χ1) is 17.0. The third-order valence-corrected chi connectivity index (χ3v) is 6.91. The number of carbonyl (C=O) groups excluding carboxylic acids is 1. The Labute approximate surface area is 201 Å². The van der Waals surface area contributed by atoms with E-state index in [1.807, 2.05) is 54.3 Å². The lowest BCUT2D eigenvalue weighted by atomic mass is 9.81. The van der Waals surface area contributed by atoms with Gasteiger partial charge in [-0.15, -0.1) is 0 Å². The minimum atomic E-state index is -0.858. The Balaban J connectivity index is 1.23. The molecular formula is C26H27N7O2. The minimum absolute atomic E-state index is 0.0859. The summed E-state index contributed by atoms with van der Waals surface area (Å²) in [6.45, 7) is 0.477. The monoisotopic (exact) mass is 469 g/mol. The van der Waals surface area contributed by atoms with E-state index in [9.17, 15) is 9.90 Å². The second-order valence-electron chi connectivity index (χ2n) is 9.64. The maximum atomic E-state index is 13.2. The van der Waals surface area contributed by atoms with Crippen LogP contribution in [0.5, 0.6) is 0 Å². The minimum Gasteiger partial charge on any atom is -0.388 e. The van der Waals surface area contributed by atoms with Crippen molar-refractivity contribution < 1.29 is 9.90 Å². The molecule has 3 aromatic heterocycles. The van der Waals surface area contributed by atoms with E-state index in [0.29, 0.717) is 24.9 Å². The number of rotatable bonds is 5. The molecule has 0 bridgehead atoms. The van der Waals surface area contributed by atoms with Crippen molar-refractivity contribution in [2.45, 2.75) is 43.9 Å². The van der Waals surface area contributed by atoms with Crippen LogP contribution in [-0.4, -0.2) is 52.2 Å². The molecule has 9 heteroatoms. The second-order valence-corrected chi connectivity index (χ2v) is 9.64. The molecule has 2 aromatic carbocycles. The molecule has 178 valence electrons. The van der Waals surface area contributed by atoms with Crippen molar-refractivity contribution >= 4 is 27.7 Å². The highest BCUT2D eigenvalue weighted by atomic mass is 16.3. The highest BCUT2D eigenvalue weighted by Gasteiger charge is 2.35. The first-order valence-electron chi connectivity index (χ1n) is 11.9. The molecule has 1 aliphatic rings. The van der Waals surface area contributed by atoms with Gasteiger partial charge in [-0.3, -0.25) is 14.6 Å². The number of hydrogen-bond donors (Lipinski definition) is 3. The average molecular weight is 470 g/mol. The molecule has 1 aliphatic carbocycles. The summed E-state index contributed by atoms with van der Waals surface area (Å²) in [7, 11) is 1.90. The summed E-state index contributed by atoms with van der Waals surface area (Å²) >= 11 is 0. The number of nitrogens with zero attached hydrogens (tertiary/aromatic N) is 5. The Kier molecular flexibility index (Phi) is 5.14. The third-order valence-electron chi connectivity index (χ3n) is 6.91. The van der Waals surface area contributed by atoms with E-state index >= 15 is 0 Å². The number of benzene rings is 2. The molecular weight excluding hydrogens is 442 g/mol. The molecule has 1 amide bonds. The summed E-state index contributed by atoms with van der Waals surface area (Å²) in [6, 6.07) is 11.5. The topological polar surface area (TPSA) is 114 Å². The van der Waals surface area contributed by atoms with Gasteiger partial charge in [0.15, 0.2) is 0 Å². The average Bonchev–Trinajstić information content (AvgIpc) is 3.57. The summed E-state index contributed by atoms with van der Waals surface area (Å²) in [5.41, 5.74) is 3.28. The number of fused-ring (bicyclic) bond motifs is 2. The van der Waals surface area contributed by atoms with Crippen LogP contribution >= 0.6 is 0 Å². The largest absolute Gasteiger partial charge is 0.388 e. The van der Waals surface area contributed by atoms with Crippen LogP contribution in [0.4, 0.5) is 0 Å². The van der Waals surface area contributed by atoms with Crippen molar-refractivity contribution in [1.29, 1.82) is 0 Å². The SMILES string of the molecule is Cn1cc2cc(-c3n[nH]c4ccc(C(=O)N[C@@H]5CCC[C@](O)(Cn6ccnc6)C5)cc34)ccc2n1. The van der Waals surface area contributed by atoms with Crippen LogP contribution in [-0.2, 0) is 13.6 Å². The standard InChI is InChI=1S/C26H27N7O2/c1-32-14-19-11-17(4-6-22(19)31-32)24-21-12-18(5-7-23(21)29-30-24)25(34)28-20-3-2-8-26(35,13-20)15-33-10-9-27-16-33/h4-7,9-12,14,16,20,35H,2-3,8,13,15H2,1H3,(H,28,34)(H,29,30)/t20-,26-/m1/s1. The Morgan fingerprint density at radius 2 is 2.20 bits per heavy atom. The quantitative estimate of drug-likeness (QED) is 0.365. The fourth-order valence-electron chi connectivity index (χ4n) is 5.27. The Bertz CT molecular complexity index is 1520. The molecule has 0 saturated heterocycles. The Hall–Kier alpha value is -3.98. The Morgan fingerprint density at radius 3 is 3.06 bits per heavy atom. The lowest BCUT2D eigenvalue weighted by molar-refractivity contribution is -0.0211.